The van der Waals surface area contributed by atoms with Crippen LogP contribution in [0.15, 0.2) is 54.6 Å². The molecular formula is C22H15F6N. The van der Waals surface area contributed by atoms with Gasteiger partial charge >= 0.3 is 12.4 Å². The zero-order chi connectivity index (χ0) is 21.0. The van der Waals surface area contributed by atoms with E-state index in [1.807, 2.05) is 30.3 Å². The zero-order valence-electron chi connectivity index (χ0n) is 15.0. The molecule has 3 aromatic carbocycles. The highest BCUT2D eigenvalue weighted by molar-refractivity contribution is 5.82. The molecule has 0 bridgehead atoms. The smallest absolute Gasteiger partial charge is 0.398 e. The van der Waals surface area contributed by atoms with Gasteiger partial charge in [-0.15, -0.1) is 0 Å². The number of hydrogen-bond donors (Lipinski definition) is 1. The fourth-order valence-electron chi connectivity index (χ4n) is 3.78. The van der Waals surface area contributed by atoms with Gasteiger partial charge in [0.15, 0.2) is 0 Å². The van der Waals surface area contributed by atoms with E-state index in [1.165, 1.54) is 0 Å². The van der Waals surface area contributed by atoms with Crippen molar-refractivity contribution in [2.24, 2.45) is 0 Å². The molecule has 7 heteroatoms. The molecule has 0 aliphatic heterocycles. The molecule has 0 amide bonds. The summed E-state index contributed by atoms with van der Waals surface area (Å²) in [5.74, 6) is 0. The van der Waals surface area contributed by atoms with Crippen molar-refractivity contribution in [3.8, 4) is 11.1 Å². The van der Waals surface area contributed by atoms with Crippen LogP contribution in [0.2, 0.25) is 0 Å². The third-order valence-corrected chi connectivity index (χ3v) is 5.16. The molecule has 1 aliphatic rings. The van der Waals surface area contributed by atoms with Gasteiger partial charge in [0.1, 0.15) is 0 Å². The van der Waals surface area contributed by atoms with Crippen LogP contribution in [-0.4, -0.2) is 0 Å². The van der Waals surface area contributed by atoms with E-state index in [1.54, 1.807) is 6.07 Å². The largest absolute Gasteiger partial charge is 0.416 e. The maximum Gasteiger partial charge on any atom is 0.416 e. The molecular weight excluding hydrogens is 392 g/mol. The van der Waals surface area contributed by atoms with Gasteiger partial charge in [0.2, 0.25) is 0 Å². The van der Waals surface area contributed by atoms with Gasteiger partial charge in [-0.1, -0.05) is 36.4 Å². The fraction of sp³-hybridized carbons (Fsp3) is 0.182. The van der Waals surface area contributed by atoms with Crippen molar-refractivity contribution in [2.45, 2.75) is 25.2 Å². The summed E-state index contributed by atoms with van der Waals surface area (Å²) in [5.41, 5.74) is 8.37. The summed E-state index contributed by atoms with van der Waals surface area (Å²) in [5, 5.41) is 0. The van der Waals surface area contributed by atoms with Gasteiger partial charge in [-0.25, -0.2) is 0 Å². The lowest BCUT2D eigenvalue weighted by molar-refractivity contribution is -0.143. The van der Waals surface area contributed by atoms with Crippen LogP contribution >= 0.6 is 0 Å². The Morgan fingerprint density at radius 1 is 0.759 bits per heavy atom. The fourth-order valence-corrected chi connectivity index (χ4v) is 3.78. The van der Waals surface area contributed by atoms with Crippen LogP contribution in [0.4, 0.5) is 32.0 Å². The molecule has 0 unspecified atom stereocenters. The van der Waals surface area contributed by atoms with Crippen molar-refractivity contribution in [1.29, 1.82) is 0 Å². The number of alkyl halides is 6. The lowest BCUT2D eigenvalue weighted by Crippen LogP contribution is -2.12. The molecule has 0 saturated carbocycles. The summed E-state index contributed by atoms with van der Waals surface area (Å²) in [4.78, 5) is 0. The predicted molar refractivity (Wildman–Crippen MR) is 98.3 cm³/mol. The van der Waals surface area contributed by atoms with Crippen molar-refractivity contribution in [3.05, 3.63) is 88.0 Å². The van der Waals surface area contributed by atoms with E-state index in [0.29, 0.717) is 17.7 Å². The van der Waals surface area contributed by atoms with Crippen LogP contribution in [0.5, 0.6) is 0 Å². The van der Waals surface area contributed by atoms with Crippen molar-refractivity contribution in [2.75, 3.05) is 5.73 Å². The SMILES string of the molecule is Nc1c(Cc2cc(C(F)(F)F)cc(C(F)(F)F)c2)ccc2c1Cc1ccccc1-2. The first kappa shape index (κ1) is 19.4. The summed E-state index contributed by atoms with van der Waals surface area (Å²) in [6.45, 7) is 0. The normalized spacial score (nSPS) is 13.3. The number of nitrogen functional groups attached to an aromatic ring is 1. The molecule has 4 rings (SSSR count). The third-order valence-electron chi connectivity index (χ3n) is 5.16. The number of anilines is 1. The molecule has 0 aromatic heterocycles. The Bertz CT molecular complexity index is 1060. The zero-order valence-corrected chi connectivity index (χ0v) is 15.0. The minimum absolute atomic E-state index is 0.0886. The van der Waals surface area contributed by atoms with Crippen LogP contribution in [-0.2, 0) is 25.2 Å². The van der Waals surface area contributed by atoms with E-state index >= 15 is 0 Å². The second-order valence-electron chi connectivity index (χ2n) is 7.09. The Morgan fingerprint density at radius 3 is 2.00 bits per heavy atom. The lowest BCUT2D eigenvalue weighted by atomic mass is 9.95. The summed E-state index contributed by atoms with van der Waals surface area (Å²) >= 11 is 0. The average molecular weight is 407 g/mol. The minimum Gasteiger partial charge on any atom is -0.398 e. The molecule has 3 aromatic rings. The highest BCUT2D eigenvalue weighted by atomic mass is 19.4. The molecule has 0 heterocycles. The Kier molecular flexibility index (Phi) is 4.37. The highest BCUT2D eigenvalue weighted by Gasteiger charge is 2.37. The van der Waals surface area contributed by atoms with Gasteiger partial charge in [-0.05, 0) is 58.0 Å². The number of rotatable bonds is 2. The van der Waals surface area contributed by atoms with Gasteiger partial charge in [0.25, 0.3) is 0 Å². The van der Waals surface area contributed by atoms with E-state index in [-0.39, 0.29) is 18.1 Å². The molecule has 0 atom stereocenters. The first-order chi connectivity index (χ1) is 13.5. The molecule has 0 radical (unpaired) electrons. The predicted octanol–water partition coefficient (Wildman–Crippen LogP) is 6.47. The summed E-state index contributed by atoms with van der Waals surface area (Å²) in [6.07, 6.45) is -9.29. The second-order valence-corrected chi connectivity index (χ2v) is 7.09. The number of benzene rings is 3. The second kappa shape index (κ2) is 6.54. The number of halogens is 6. The minimum atomic E-state index is -4.87. The molecule has 0 spiro atoms. The van der Waals surface area contributed by atoms with Gasteiger partial charge in [-0.3, -0.25) is 0 Å². The Labute approximate surface area is 162 Å². The molecule has 1 nitrogen and oxygen atoms in total. The molecule has 0 saturated heterocycles. The monoisotopic (exact) mass is 407 g/mol. The summed E-state index contributed by atoms with van der Waals surface area (Å²) < 4.78 is 78.6. The first-order valence-corrected chi connectivity index (χ1v) is 8.81. The molecule has 29 heavy (non-hydrogen) atoms. The summed E-state index contributed by atoms with van der Waals surface area (Å²) in [6, 6.07) is 12.9. The van der Waals surface area contributed by atoms with Crippen LogP contribution in [0.3, 0.4) is 0 Å². The van der Waals surface area contributed by atoms with Crippen LogP contribution in [0.25, 0.3) is 11.1 Å². The number of nitrogens with two attached hydrogens (primary N) is 1. The quantitative estimate of drug-likeness (QED) is 0.299. The third kappa shape index (κ3) is 3.57. The standard InChI is InChI=1S/C22H15F6N/c23-21(24,25)15-8-12(9-16(11-15)22(26,27)28)7-14-5-6-18-17-4-2-1-3-13(17)10-19(18)20(14)29/h1-6,8-9,11H,7,10,29H2. The molecule has 1 aliphatic carbocycles. The van der Waals surface area contributed by atoms with Crippen molar-refractivity contribution < 1.29 is 26.3 Å². The Hall–Kier alpha value is -2.96. The van der Waals surface area contributed by atoms with Crippen molar-refractivity contribution >= 4 is 5.69 Å². The van der Waals surface area contributed by atoms with Crippen LogP contribution < -0.4 is 5.73 Å². The van der Waals surface area contributed by atoms with E-state index in [0.717, 1.165) is 34.4 Å². The lowest BCUT2D eigenvalue weighted by Gasteiger charge is -2.16. The highest BCUT2D eigenvalue weighted by Crippen LogP contribution is 2.42. The number of fused-ring (bicyclic) bond motifs is 3. The maximum absolute atomic E-state index is 13.1. The summed E-state index contributed by atoms with van der Waals surface area (Å²) in [7, 11) is 0. The van der Waals surface area contributed by atoms with Gasteiger partial charge in [0.05, 0.1) is 11.1 Å². The van der Waals surface area contributed by atoms with Crippen molar-refractivity contribution in [3.63, 3.8) is 0 Å². The van der Waals surface area contributed by atoms with E-state index < -0.39 is 23.5 Å². The van der Waals surface area contributed by atoms with Crippen molar-refractivity contribution in [1.82, 2.24) is 0 Å². The number of hydrogen-bond acceptors (Lipinski definition) is 1. The van der Waals surface area contributed by atoms with Gasteiger partial charge in [-0.2, -0.15) is 26.3 Å². The molecule has 0 fully saturated rings. The topological polar surface area (TPSA) is 26.0 Å². The van der Waals surface area contributed by atoms with E-state index in [2.05, 4.69) is 0 Å². The van der Waals surface area contributed by atoms with Gasteiger partial charge < -0.3 is 5.73 Å². The van der Waals surface area contributed by atoms with Crippen LogP contribution in [0, 0.1) is 0 Å². The molecule has 150 valence electrons. The van der Waals surface area contributed by atoms with Crippen LogP contribution in [0.1, 0.15) is 33.4 Å². The Balaban J connectivity index is 1.75. The first-order valence-electron chi connectivity index (χ1n) is 8.81. The van der Waals surface area contributed by atoms with E-state index in [4.69, 9.17) is 5.73 Å². The maximum atomic E-state index is 13.1. The Morgan fingerprint density at radius 2 is 1.38 bits per heavy atom. The van der Waals surface area contributed by atoms with E-state index in [9.17, 15) is 26.3 Å². The average Bonchev–Trinajstić information content (AvgIpc) is 3.02. The molecule has 2 N–H and O–H groups in total. The van der Waals surface area contributed by atoms with Gasteiger partial charge in [0, 0.05) is 12.1 Å².